The summed E-state index contributed by atoms with van der Waals surface area (Å²) in [4.78, 5) is 72.0. The molecule has 0 aliphatic carbocycles. The van der Waals surface area contributed by atoms with Gasteiger partial charge in [-0.25, -0.2) is 9.13 Å². The summed E-state index contributed by atoms with van der Waals surface area (Å²) in [5, 5.41) is 10.5. The highest BCUT2D eigenvalue weighted by Crippen LogP contribution is 2.45. The largest absolute Gasteiger partial charge is 0.472 e. The van der Waals surface area contributed by atoms with Crippen molar-refractivity contribution in [1.29, 1.82) is 0 Å². The van der Waals surface area contributed by atoms with Crippen LogP contribution < -0.4 is 0 Å². The number of aliphatic hydroxyl groups excluding tert-OH is 1. The minimum Gasteiger partial charge on any atom is -0.462 e. The maximum atomic E-state index is 12.9. The van der Waals surface area contributed by atoms with Crippen LogP contribution in [0.2, 0.25) is 0 Å². The third-order valence-electron chi connectivity index (χ3n) is 14.5. The molecule has 0 aliphatic heterocycles. The quantitative estimate of drug-likeness (QED) is 0.0222. The molecular formula is C61H118O17P2. The topological polar surface area (TPSA) is 237 Å². The first kappa shape index (κ1) is 78.1. The molecule has 0 aromatic carbocycles. The molecule has 80 heavy (non-hydrogen) atoms. The van der Waals surface area contributed by atoms with Crippen molar-refractivity contribution in [3.8, 4) is 0 Å². The Balaban J connectivity index is 5.26. The number of phosphoric acid groups is 2. The lowest BCUT2D eigenvalue weighted by molar-refractivity contribution is -0.161. The van der Waals surface area contributed by atoms with Gasteiger partial charge in [0.1, 0.15) is 19.3 Å². The van der Waals surface area contributed by atoms with E-state index in [9.17, 15) is 43.2 Å². The smallest absolute Gasteiger partial charge is 0.462 e. The molecular weight excluding hydrogens is 1070 g/mol. The van der Waals surface area contributed by atoms with Crippen LogP contribution in [0.15, 0.2) is 0 Å². The molecule has 0 heterocycles. The molecule has 474 valence electrons. The predicted molar refractivity (Wildman–Crippen MR) is 317 cm³/mol. The average molecular weight is 1190 g/mol. The number of carbonyl (C=O) groups is 4. The second-order valence-electron chi connectivity index (χ2n) is 23.5. The molecule has 0 amide bonds. The lowest BCUT2D eigenvalue weighted by atomic mass is 9.99. The number of unbranched alkanes of at least 4 members (excludes halogenated alkanes) is 22. The number of rotatable bonds is 58. The van der Waals surface area contributed by atoms with E-state index in [1.54, 1.807) is 0 Å². The summed E-state index contributed by atoms with van der Waals surface area (Å²) in [5.41, 5.74) is 0. The van der Waals surface area contributed by atoms with Crippen molar-refractivity contribution in [3.63, 3.8) is 0 Å². The predicted octanol–water partition coefficient (Wildman–Crippen LogP) is 16.2. The highest BCUT2D eigenvalue weighted by atomic mass is 31.2. The summed E-state index contributed by atoms with van der Waals surface area (Å²) in [7, 11) is -9.88. The van der Waals surface area contributed by atoms with Gasteiger partial charge in [0.25, 0.3) is 0 Å². The molecule has 0 spiro atoms. The van der Waals surface area contributed by atoms with Gasteiger partial charge < -0.3 is 33.8 Å². The minimum absolute atomic E-state index is 0.100. The summed E-state index contributed by atoms with van der Waals surface area (Å²) in [5.74, 6) is 0.699. The first-order chi connectivity index (χ1) is 38.2. The van der Waals surface area contributed by atoms with Crippen LogP contribution in [0.1, 0.15) is 287 Å². The summed E-state index contributed by atoms with van der Waals surface area (Å²) in [6.45, 7) is 13.8. The van der Waals surface area contributed by atoms with Crippen LogP contribution in [0, 0.1) is 23.7 Å². The van der Waals surface area contributed by atoms with Crippen molar-refractivity contribution in [1.82, 2.24) is 0 Å². The van der Waals surface area contributed by atoms with Gasteiger partial charge in [-0.1, -0.05) is 235 Å². The zero-order valence-corrected chi connectivity index (χ0v) is 53.5. The first-order valence-electron chi connectivity index (χ1n) is 31.8. The highest BCUT2D eigenvalue weighted by Gasteiger charge is 2.30. The van der Waals surface area contributed by atoms with Crippen LogP contribution in [0.25, 0.3) is 0 Å². The Labute approximate surface area is 486 Å². The Kier molecular flexibility index (Phi) is 50.2. The minimum atomic E-state index is -4.94. The Morgan fingerprint density at radius 2 is 0.600 bits per heavy atom. The van der Waals surface area contributed by atoms with E-state index >= 15 is 0 Å². The van der Waals surface area contributed by atoms with E-state index in [4.69, 9.17) is 37.0 Å². The third kappa shape index (κ3) is 52.8. The molecule has 0 saturated carbocycles. The van der Waals surface area contributed by atoms with Crippen molar-refractivity contribution < 1.29 is 80.2 Å². The number of ether oxygens (including phenoxy) is 4. The van der Waals surface area contributed by atoms with Gasteiger partial charge in [0.2, 0.25) is 0 Å². The second kappa shape index (κ2) is 51.5. The van der Waals surface area contributed by atoms with Crippen molar-refractivity contribution in [2.24, 2.45) is 23.7 Å². The molecule has 0 fully saturated rings. The summed E-state index contributed by atoms with van der Waals surface area (Å²) in [6.07, 6.45) is 29.7. The van der Waals surface area contributed by atoms with E-state index < -0.39 is 97.5 Å². The van der Waals surface area contributed by atoms with Gasteiger partial charge in [0.05, 0.1) is 26.4 Å². The molecule has 3 N–H and O–H groups in total. The second-order valence-corrected chi connectivity index (χ2v) is 26.4. The normalized spacial score (nSPS) is 15.2. The van der Waals surface area contributed by atoms with Gasteiger partial charge in [-0.3, -0.25) is 37.3 Å². The zero-order valence-electron chi connectivity index (χ0n) is 51.7. The fourth-order valence-corrected chi connectivity index (χ4v) is 10.4. The molecule has 17 nitrogen and oxygen atoms in total. The fourth-order valence-electron chi connectivity index (χ4n) is 8.83. The number of phosphoric ester groups is 2. The van der Waals surface area contributed by atoms with E-state index in [-0.39, 0.29) is 25.7 Å². The standard InChI is InChI=1S/C61H118O17P2/c1-9-53(7)39-31-23-13-11-12-14-27-35-43-60(65)77-56(47-72-59(64)42-34-26-20-17-24-32-40-54(8)10-2)49-75-79(67,68)73-45-55(62)46-74-80(69,70)76-50-57(78-61(66)44-36-28-19-16-22-30-38-52(5)6)48-71-58(63)41-33-25-18-15-21-29-37-51(3)4/h51-57,62H,9-50H2,1-8H3,(H,67,68)(H,69,70)/t53?,54?,55-,56+,57+/m0/s1. The molecule has 0 aliphatic rings. The van der Waals surface area contributed by atoms with Gasteiger partial charge in [-0.15, -0.1) is 0 Å². The van der Waals surface area contributed by atoms with Gasteiger partial charge in [0.15, 0.2) is 12.2 Å². The van der Waals surface area contributed by atoms with Crippen LogP contribution >= 0.6 is 15.6 Å². The highest BCUT2D eigenvalue weighted by molar-refractivity contribution is 7.47. The molecule has 0 aromatic rings. The van der Waals surface area contributed by atoms with Crippen molar-refractivity contribution in [2.75, 3.05) is 39.6 Å². The molecule has 0 aromatic heterocycles. The van der Waals surface area contributed by atoms with E-state index in [0.717, 1.165) is 115 Å². The van der Waals surface area contributed by atoms with Crippen LogP contribution in [0.5, 0.6) is 0 Å². The van der Waals surface area contributed by atoms with E-state index in [1.165, 1.54) is 77.0 Å². The Morgan fingerprint density at radius 1 is 0.350 bits per heavy atom. The number of hydrogen-bond donors (Lipinski definition) is 3. The number of esters is 4. The van der Waals surface area contributed by atoms with Gasteiger partial charge >= 0.3 is 39.5 Å². The summed E-state index contributed by atoms with van der Waals surface area (Å²) in [6, 6.07) is 0. The summed E-state index contributed by atoms with van der Waals surface area (Å²) >= 11 is 0. The van der Waals surface area contributed by atoms with Crippen LogP contribution in [0.3, 0.4) is 0 Å². The zero-order chi connectivity index (χ0) is 59.7. The maximum Gasteiger partial charge on any atom is 0.472 e. The van der Waals surface area contributed by atoms with Gasteiger partial charge in [0, 0.05) is 25.7 Å². The Morgan fingerprint density at radius 3 is 0.887 bits per heavy atom. The van der Waals surface area contributed by atoms with Crippen molar-refractivity contribution in [2.45, 2.75) is 305 Å². The Bertz CT molecular complexity index is 1610. The lowest BCUT2D eigenvalue weighted by Gasteiger charge is -2.21. The van der Waals surface area contributed by atoms with E-state index in [2.05, 4.69) is 55.4 Å². The van der Waals surface area contributed by atoms with Gasteiger partial charge in [-0.2, -0.15) is 0 Å². The van der Waals surface area contributed by atoms with Crippen LogP contribution in [-0.4, -0.2) is 96.7 Å². The van der Waals surface area contributed by atoms with Crippen LogP contribution in [-0.2, 0) is 65.4 Å². The molecule has 0 bridgehead atoms. The van der Waals surface area contributed by atoms with Gasteiger partial charge in [-0.05, 0) is 49.4 Å². The number of aliphatic hydroxyl groups is 1. The lowest BCUT2D eigenvalue weighted by Crippen LogP contribution is -2.30. The summed E-state index contributed by atoms with van der Waals surface area (Å²) < 4.78 is 67.8. The van der Waals surface area contributed by atoms with E-state index in [0.29, 0.717) is 37.5 Å². The van der Waals surface area contributed by atoms with Crippen molar-refractivity contribution >= 4 is 39.5 Å². The maximum absolute atomic E-state index is 12.9. The molecule has 0 rings (SSSR count). The molecule has 7 atom stereocenters. The first-order valence-corrected chi connectivity index (χ1v) is 34.8. The fraction of sp³-hybridized carbons (Fsp3) is 0.934. The third-order valence-corrected chi connectivity index (χ3v) is 16.4. The van der Waals surface area contributed by atoms with E-state index in [1.807, 2.05) is 0 Å². The number of carbonyl (C=O) groups excluding carboxylic acids is 4. The molecule has 0 radical (unpaired) electrons. The SMILES string of the molecule is CCC(C)CCCCCCCCCCC(=O)O[C@H](COC(=O)CCCCCCCCC(C)CC)COP(=O)(O)OC[C@H](O)COP(=O)(O)OC[C@@H](COC(=O)CCCCCCCCC(C)C)OC(=O)CCCCCCCCC(C)C. The van der Waals surface area contributed by atoms with Crippen LogP contribution in [0.4, 0.5) is 0 Å². The monoisotopic (exact) mass is 1180 g/mol. The Hall–Kier alpha value is -1.94. The average Bonchev–Trinajstić information content (AvgIpc) is 3.41. The number of hydrogen-bond acceptors (Lipinski definition) is 15. The molecule has 19 heteroatoms. The molecule has 4 unspecified atom stereocenters. The van der Waals surface area contributed by atoms with Crippen molar-refractivity contribution in [3.05, 3.63) is 0 Å². The molecule has 0 saturated heterocycles.